The summed E-state index contributed by atoms with van der Waals surface area (Å²) >= 11 is 0. The SMILES string of the molecule is Cc1ccc(S(=O)(=O)O[C@@H]2CC3(N4CCOCC4)C[C@@H](c4ccccc4)C2[C@H](c2ccccc2)C3)cc1. The zero-order chi connectivity index (χ0) is 25.5. The number of fused-ring (bicyclic) bond motifs is 3. The molecule has 1 heterocycles. The summed E-state index contributed by atoms with van der Waals surface area (Å²) in [6, 6.07) is 28.3. The van der Waals surface area contributed by atoms with Crippen LogP contribution in [-0.4, -0.2) is 51.3 Å². The van der Waals surface area contributed by atoms with Crippen LogP contribution < -0.4 is 0 Å². The van der Waals surface area contributed by atoms with Gasteiger partial charge in [-0.1, -0.05) is 78.4 Å². The highest BCUT2D eigenvalue weighted by molar-refractivity contribution is 7.86. The van der Waals surface area contributed by atoms with Crippen LogP contribution in [0.5, 0.6) is 0 Å². The molecule has 3 aromatic rings. The Kier molecular flexibility index (Phi) is 6.70. The molecule has 2 bridgehead atoms. The Bertz CT molecular complexity index is 1250. The third-order valence-corrected chi connectivity index (χ3v) is 10.2. The molecule has 3 aromatic carbocycles. The van der Waals surface area contributed by atoms with Gasteiger partial charge in [-0.2, -0.15) is 8.42 Å². The van der Waals surface area contributed by atoms with Crippen molar-refractivity contribution >= 4 is 10.1 Å². The Hall–Kier alpha value is -2.51. The zero-order valence-electron chi connectivity index (χ0n) is 21.3. The molecular formula is C31H35NO4S. The van der Waals surface area contributed by atoms with Crippen LogP contribution in [0, 0.1) is 12.8 Å². The van der Waals surface area contributed by atoms with Gasteiger partial charge >= 0.3 is 0 Å². The van der Waals surface area contributed by atoms with Crippen molar-refractivity contribution < 1.29 is 17.3 Å². The van der Waals surface area contributed by atoms with Crippen LogP contribution in [0.4, 0.5) is 0 Å². The number of ether oxygens (including phenoxy) is 1. The second-order valence-corrected chi connectivity index (χ2v) is 12.5. The Morgan fingerprint density at radius 2 is 1.32 bits per heavy atom. The predicted molar refractivity (Wildman–Crippen MR) is 144 cm³/mol. The normalized spacial score (nSPS) is 30.3. The summed E-state index contributed by atoms with van der Waals surface area (Å²) in [5, 5.41) is 0. The van der Waals surface area contributed by atoms with Crippen molar-refractivity contribution in [3.05, 3.63) is 102 Å². The molecule has 6 heteroatoms. The third-order valence-electron chi connectivity index (χ3n) is 8.84. The van der Waals surface area contributed by atoms with Crippen LogP contribution >= 0.6 is 0 Å². The van der Waals surface area contributed by atoms with Crippen LogP contribution in [0.1, 0.15) is 47.8 Å². The van der Waals surface area contributed by atoms with Crippen molar-refractivity contribution in [3.8, 4) is 0 Å². The number of rotatable bonds is 6. The van der Waals surface area contributed by atoms with Crippen LogP contribution in [0.25, 0.3) is 0 Å². The molecule has 3 saturated carbocycles. The first kappa shape index (κ1) is 24.8. The van der Waals surface area contributed by atoms with E-state index in [1.807, 2.05) is 31.2 Å². The van der Waals surface area contributed by atoms with E-state index in [1.54, 1.807) is 12.1 Å². The summed E-state index contributed by atoms with van der Waals surface area (Å²) in [7, 11) is -3.91. The maximum Gasteiger partial charge on any atom is 0.297 e. The molecule has 1 saturated heterocycles. The molecule has 0 N–H and O–H groups in total. The van der Waals surface area contributed by atoms with Crippen molar-refractivity contribution in [3.63, 3.8) is 0 Å². The lowest BCUT2D eigenvalue weighted by Gasteiger charge is -2.62. The Morgan fingerprint density at radius 1 is 0.784 bits per heavy atom. The average Bonchev–Trinajstić information content (AvgIpc) is 2.94. The van der Waals surface area contributed by atoms with Gasteiger partial charge in [-0.05, 0) is 61.3 Å². The first-order valence-corrected chi connectivity index (χ1v) is 14.8. The van der Waals surface area contributed by atoms with Crippen molar-refractivity contribution in [2.45, 2.75) is 54.6 Å². The smallest absolute Gasteiger partial charge is 0.297 e. The van der Waals surface area contributed by atoms with E-state index < -0.39 is 16.2 Å². The number of hydrogen-bond acceptors (Lipinski definition) is 5. The lowest BCUT2D eigenvalue weighted by atomic mass is 9.51. The minimum atomic E-state index is -3.91. The molecule has 37 heavy (non-hydrogen) atoms. The van der Waals surface area contributed by atoms with Crippen molar-refractivity contribution in [1.29, 1.82) is 0 Å². The monoisotopic (exact) mass is 517 g/mol. The fraction of sp³-hybridized carbons (Fsp3) is 0.419. The Labute approximate surface area is 220 Å². The van der Waals surface area contributed by atoms with Gasteiger partial charge in [-0.15, -0.1) is 0 Å². The summed E-state index contributed by atoms with van der Waals surface area (Å²) < 4.78 is 39.2. The minimum Gasteiger partial charge on any atom is -0.379 e. The molecule has 5 nitrogen and oxygen atoms in total. The average molecular weight is 518 g/mol. The highest BCUT2D eigenvalue weighted by Crippen LogP contribution is 2.61. The van der Waals surface area contributed by atoms with Gasteiger partial charge in [-0.3, -0.25) is 9.08 Å². The Balaban J connectivity index is 1.45. The highest BCUT2D eigenvalue weighted by atomic mass is 32.2. The van der Waals surface area contributed by atoms with Gasteiger partial charge in [-0.25, -0.2) is 0 Å². The van der Waals surface area contributed by atoms with Crippen LogP contribution in [-0.2, 0) is 19.0 Å². The lowest BCUT2D eigenvalue weighted by Crippen LogP contribution is -2.64. The molecule has 0 spiro atoms. The summed E-state index contributed by atoms with van der Waals surface area (Å²) in [5.41, 5.74) is 3.42. The van der Waals surface area contributed by atoms with Gasteiger partial charge in [0.15, 0.2) is 0 Å². The second-order valence-electron chi connectivity index (χ2n) is 10.9. The largest absolute Gasteiger partial charge is 0.379 e. The van der Waals surface area contributed by atoms with Crippen LogP contribution in [0.2, 0.25) is 0 Å². The van der Waals surface area contributed by atoms with E-state index >= 15 is 0 Å². The molecule has 0 unspecified atom stereocenters. The minimum absolute atomic E-state index is 0.0629. The number of hydrogen-bond donors (Lipinski definition) is 0. The van der Waals surface area contributed by atoms with Gasteiger partial charge in [0.25, 0.3) is 10.1 Å². The van der Waals surface area contributed by atoms with E-state index in [0.29, 0.717) is 13.2 Å². The maximum atomic E-state index is 13.6. The van der Waals surface area contributed by atoms with Gasteiger partial charge < -0.3 is 4.74 Å². The highest BCUT2D eigenvalue weighted by Gasteiger charge is 2.59. The topological polar surface area (TPSA) is 55.8 Å². The van der Waals surface area contributed by atoms with Crippen molar-refractivity contribution in [2.24, 2.45) is 5.92 Å². The molecule has 0 aromatic heterocycles. The summed E-state index contributed by atoms with van der Waals surface area (Å²) in [6.07, 6.45) is 2.33. The quantitative estimate of drug-likeness (QED) is 0.403. The summed E-state index contributed by atoms with van der Waals surface area (Å²) in [6.45, 7) is 5.11. The second kappa shape index (κ2) is 9.99. The van der Waals surface area contributed by atoms with Crippen LogP contribution in [0.3, 0.4) is 0 Å². The molecule has 4 aliphatic rings. The van der Waals surface area contributed by atoms with E-state index in [-0.39, 0.29) is 28.2 Å². The zero-order valence-corrected chi connectivity index (χ0v) is 22.1. The molecule has 3 aliphatic carbocycles. The van der Waals surface area contributed by atoms with Crippen molar-refractivity contribution in [1.82, 2.24) is 4.90 Å². The molecule has 7 rings (SSSR count). The molecule has 0 radical (unpaired) electrons. The number of aryl methyl sites for hydroxylation is 1. The third kappa shape index (κ3) is 4.76. The van der Waals surface area contributed by atoms with E-state index in [2.05, 4.69) is 53.4 Å². The summed E-state index contributed by atoms with van der Waals surface area (Å²) in [5.74, 6) is 0.470. The Morgan fingerprint density at radius 3 is 1.86 bits per heavy atom. The maximum absolute atomic E-state index is 13.6. The van der Waals surface area contributed by atoms with Gasteiger partial charge in [0.1, 0.15) is 0 Å². The fourth-order valence-corrected chi connectivity index (χ4v) is 8.28. The molecule has 0 amide bonds. The molecular weight excluding hydrogens is 482 g/mol. The van der Waals surface area contributed by atoms with Gasteiger partial charge in [0.05, 0.1) is 24.2 Å². The molecule has 4 fully saturated rings. The first-order chi connectivity index (χ1) is 18.0. The van der Waals surface area contributed by atoms with Gasteiger partial charge in [0.2, 0.25) is 0 Å². The number of nitrogens with zero attached hydrogens (tertiary/aromatic N) is 1. The van der Waals surface area contributed by atoms with Crippen molar-refractivity contribution in [2.75, 3.05) is 26.3 Å². The standard InChI is InChI=1S/C31H35NO4S/c1-23-12-14-26(15-13-23)37(33,34)36-29-22-31(32-16-18-35-19-17-32)20-27(24-8-4-2-5-9-24)30(29)28(21-31)25-10-6-3-7-11-25/h2-15,27-30H,16-22H2,1H3/t27-,28-,29+,30?,31?/m0/s1. The predicted octanol–water partition coefficient (Wildman–Crippen LogP) is 5.52. The number of morpholine rings is 1. The molecule has 3 atom stereocenters. The van der Waals surface area contributed by atoms with E-state index in [9.17, 15) is 8.42 Å². The van der Waals surface area contributed by atoms with E-state index in [1.165, 1.54) is 11.1 Å². The fourth-order valence-electron chi connectivity index (χ4n) is 7.18. The van der Waals surface area contributed by atoms with E-state index in [0.717, 1.165) is 37.9 Å². The summed E-state index contributed by atoms with van der Waals surface area (Å²) in [4.78, 5) is 2.81. The first-order valence-electron chi connectivity index (χ1n) is 13.4. The van der Waals surface area contributed by atoms with E-state index in [4.69, 9.17) is 8.92 Å². The van der Waals surface area contributed by atoms with Gasteiger partial charge in [0, 0.05) is 24.5 Å². The van der Waals surface area contributed by atoms with Crippen LogP contribution in [0.15, 0.2) is 89.8 Å². The molecule has 1 aliphatic heterocycles. The lowest BCUT2D eigenvalue weighted by molar-refractivity contribution is -0.118. The molecule has 194 valence electrons. The number of benzene rings is 3.